The number of carbonyl (C=O) groups excluding carboxylic acids is 1. The Morgan fingerprint density at radius 1 is 1.21 bits per heavy atom. The molecule has 0 aliphatic rings. The van der Waals surface area contributed by atoms with E-state index < -0.39 is 0 Å². The van der Waals surface area contributed by atoms with Crippen LogP contribution in [0.25, 0.3) is 0 Å². The number of hydrogen-bond acceptors (Lipinski definition) is 6. The maximum Gasteiger partial charge on any atom is 0.175 e. The summed E-state index contributed by atoms with van der Waals surface area (Å²) in [6.07, 6.45) is 2.96. The first-order chi connectivity index (χ1) is 9.22. The van der Waals surface area contributed by atoms with Crippen molar-refractivity contribution in [3.8, 4) is 0 Å². The Hall–Kier alpha value is -0.850. The van der Waals surface area contributed by atoms with Gasteiger partial charge < -0.3 is 0 Å². The molecular weight excluding hydrogens is 296 g/mol. The summed E-state index contributed by atoms with van der Waals surface area (Å²) in [6.45, 7) is 2.10. The van der Waals surface area contributed by atoms with Gasteiger partial charge in [-0.1, -0.05) is 66.0 Å². The lowest BCUT2D eigenvalue weighted by molar-refractivity contribution is 0.102. The Bertz CT molecular complexity index is 551. The molecule has 2 aromatic rings. The number of Topliss-reactive ketones (excluding diaryl/α,β-unsaturated/α-hetero) is 1. The summed E-state index contributed by atoms with van der Waals surface area (Å²) in [7, 11) is 0. The number of aromatic nitrogens is 2. The second-order valence-electron chi connectivity index (χ2n) is 3.80. The Morgan fingerprint density at radius 2 is 1.89 bits per heavy atom. The molecule has 0 saturated carbocycles. The highest BCUT2D eigenvalue weighted by atomic mass is 32.2. The first-order valence-electron chi connectivity index (χ1n) is 5.85. The SMILES string of the molecule is CCc1ccc(C(=O)CSc2nnc(SC)s2)cc1. The van der Waals surface area contributed by atoms with E-state index >= 15 is 0 Å². The lowest BCUT2D eigenvalue weighted by Gasteiger charge is -2.01. The molecule has 1 aromatic carbocycles. The van der Waals surface area contributed by atoms with E-state index in [1.54, 1.807) is 11.8 Å². The van der Waals surface area contributed by atoms with Crippen molar-refractivity contribution in [1.82, 2.24) is 10.2 Å². The summed E-state index contributed by atoms with van der Waals surface area (Å²) < 4.78 is 1.78. The van der Waals surface area contributed by atoms with Crippen LogP contribution in [0.15, 0.2) is 32.9 Å². The first-order valence-corrected chi connectivity index (χ1v) is 8.88. The number of nitrogens with zero attached hydrogens (tertiary/aromatic N) is 2. The van der Waals surface area contributed by atoms with Gasteiger partial charge in [0.05, 0.1) is 5.75 Å². The second kappa shape index (κ2) is 7.07. The van der Waals surface area contributed by atoms with Crippen LogP contribution in [-0.2, 0) is 6.42 Å². The molecule has 100 valence electrons. The van der Waals surface area contributed by atoms with Gasteiger partial charge in [-0.05, 0) is 18.2 Å². The van der Waals surface area contributed by atoms with Crippen LogP contribution in [-0.4, -0.2) is 28.0 Å². The molecule has 0 aliphatic heterocycles. The molecule has 3 nitrogen and oxygen atoms in total. The van der Waals surface area contributed by atoms with Crippen molar-refractivity contribution < 1.29 is 4.79 Å². The fourth-order valence-corrected chi connectivity index (χ4v) is 3.81. The zero-order chi connectivity index (χ0) is 13.7. The zero-order valence-corrected chi connectivity index (χ0v) is 13.2. The molecular formula is C13H14N2OS3. The van der Waals surface area contributed by atoms with Gasteiger partial charge in [0.2, 0.25) is 0 Å². The van der Waals surface area contributed by atoms with Crippen molar-refractivity contribution in [1.29, 1.82) is 0 Å². The Balaban J connectivity index is 1.93. The molecule has 2 rings (SSSR count). The van der Waals surface area contributed by atoms with E-state index in [4.69, 9.17) is 0 Å². The van der Waals surface area contributed by atoms with Crippen LogP contribution >= 0.6 is 34.9 Å². The molecule has 1 aromatic heterocycles. The summed E-state index contributed by atoms with van der Waals surface area (Å²) in [5.74, 6) is 0.544. The summed E-state index contributed by atoms with van der Waals surface area (Å²) in [5, 5.41) is 8.05. The number of hydrogen-bond donors (Lipinski definition) is 0. The molecule has 0 fully saturated rings. The maximum atomic E-state index is 12.0. The molecule has 0 amide bonds. The lowest BCUT2D eigenvalue weighted by atomic mass is 10.1. The van der Waals surface area contributed by atoms with Gasteiger partial charge in [0.25, 0.3) is 0 Å². The van der Waals surface area contributed by atoms with Gasteiger partial charge in [0.15, 0.2) is 14.5 Å². The number of aryl methyl sites for hydroxylation is 1. The molecule has 6 heteroatoms. The van der Waals surface area contributed by atoms with Crippen LogP contribution in [0.5, 0.6) is 0 Å². The third-order valence-electron chi connectivity index (χ3n) is 2.57. The Kier molecular flexibility index (Phi) is 5.42. The summed E-state index contributed by atoms with van der Waals surface area (Å²) >= 11 is 4.55. The maximum absolute atomic E-state index is 12.0. The van der Waals surface area contributed by atoms with Crippen molar-refractivity contribution in [3.05, 3.63) is 35.4 Å². The topological polar surface area (TPSA) is 42.9 Å². The van der Waals surface area contributed by atoms with Gasteiger partial charge in [0, 0.05) is 5.56 Å². The highest BCUT2D eigenvalue weighted by molar-refractivity contribution is 8.03. The van der Waals surface area contributed by atoms with Crippen LogP contribution in [0.3, 0.4) is 0 Å². The first kappa shape index (κ1) is 14.6. The molecule has 0 saturated heterocycles. The third kappa shape index (κ3) is 4.06. The Morgan fingerprint density at radius 3 is 2.47 bits per heavy atom. The molecule has 0 bridgehead atoms. The van der Waals surface area contributed by atoms with E-state index in [9.17, 15) is 4.79 Å². The largest absolute Gasteiger partial charge is 0.293 e. The average Bonchev–Trinajstić information content (AvgIpc) is 2.93. The Labute approximate surface area is 125 Å². The molecule has 0 N–H and O–H groups in total. The van der Waals surface area contributed by atoms with Crippen molar-refractivity contribution in [3.63, 3.8) is 0 Å². The highest BCUT2D eigenvalue weighted by Crippen LogP contribution is 2.27. The molecule has 0 unspecified atom stereocenters. The van der Waals surface area contributed by atoms with E-state index in [0.717, 1.165) is 20.7 Å². The molecule has 1 heterocycles. The van der Waals surface area contributed by atoms with E-state index in [0.29, 0.717) is 5.75 Å². The van der Waals surface area contributed by atoms with Crippen LogP contribution in [0, 0.1) is 0 Å². The van der Waals surface area contributed by atoms with Crippen molar-refractivity contribution in [2.75, 3.05) is 12.0 Å². The van der Waals surface area contributed by atoms with Gasteiger partial charge in [0.1, 0.15) is 0 Å². The van der Waals surface area contributed by atoms with Gasteiger partial charge in [-0.2, -0.15) is 0 Å². The van der Waals surface area contributed by atoms with E-state index in [2.05, 4.69) is 17.1 Å². The smallest absolute Gasteiger partial charge is 0.175 e. The van der Waals surface area contributed by atoms with Gasteiger partial charge >= 0.3 is 0 Å². The second-order valence-corrected chi connectivity index (χ2v) is 7.05. The highest BCUT2D eigenvalue weighted by Gasteiger charge is 2.09. The number of thioether (sulfide) groups is 2. The normalized spacial score (nSPS) is 10.6. The number of ketones is 1. The quantitative estimate of drug-likeness (QED) is 0.600. The van der Waals surface area contributed by atoms with Gasteiger partial charge in [-0.15, -0.1) is 10.2 Å². The predicted molar refractivity (Wildman–Crippen MR) is 82.6 cm³/mol. The van der Waals surface area contributed by atoms with E-state index in [-0.39, 0.29) is 5.78 Å². The zero-order valence-electron chi connectivity index (χ0n) is 10.8. The van der Waals surface area contributed by atoms with Gasteiger partial charge in [-0.25, -0.2) is 0 Å². The summed E-state index contributed by atoms with van der Waals surface area (Å²) in [4.78, 5) is 12.0. The lowest BCUT2D eigenvalue weighted by Crippen LogP contribution is -2.02. The molecule has 0 spiro atoms. The fraction of sp³-hybridized carbons (Fsp3) is 0.308. The minimum atomic E-state index is 0.133. The third-order valence-corrected chi connectivity index (χ3v) is 5.61. The van der Waals surface area contributed by atoms with E-state index in [1.165, 1.54) is 28.7 Å². The number of carbonyl (C=O) groups is 1. The van der Waals surface area contributed by atoms with Crippen LogP contribution < -0.4 is 0 Å². The molecule has 0 aliphatic carbocycles. The van der Waals surface area contributed by atoms with Crippen LogP contribution in [0.2, 0.25) is 0 Å². The summed E-state index contributed by atoms with van der Waals surface area (Å²) in [6, 6.07) is 7.81. The average molecular weight is 310 g/mol. The number of rotatable bonds is 6. The standard InChI is InChI=1S/C13H14N2OS3/c1-3-9-4-6-10(7-5-9)11(16)8-18-13-15-14-12(17-2)19-13/h4-7H,3,8H2,1-2H3. The van der Waals surface area contributed by atoms with Crippen LogP contribution in [0.4, 0.5) is 0 Å². The van der Waals surface area contributed by atoms with Crippen molar-refractivity contribution in [2.45, 2.75) is 22.0 Å². The minimum Gasteiger partial charge on any atom is -0.293 e. The summed E-state index contributed by atoms with van der Waals surface area (Å²) in [5.41, 5.74) is 2.01. The molecule has 0 atom stereocenters. The molecule has 0 radical (unpaired) electrons. The molecule has 19 heavy (non-hydrogen) atoms. The van der Waals surface area contributed by atoms with Crippen molar-refractivity contribution in [2.24, 2.45) is 0 Å². The minimum absolute atomic E-state index is 0.133. The number of benzene rings is 1. The monoisotopic (exact) mass is 310 g/mol. The van der Waals surface area contributed by atoms with Gasteiger partial charge in [-0.3, -0.25) is 4.79 Å². The van der Waals surface area contributed by atoms with E-state index in [1.807, 2.05) is 30.5 Å². The van der Waals surface area contributed by atoms with Crippen molar-refractivity contribution >= 4 is 40.6 Å². The predicted octanol–water partition coefficient (Wildman–Crippen LogP) is 3.80. The van der Waals surface area contributed by atoms with Crippen LogP contribution in [0.1, 0.15) is 22.8 Å². The fourth-order valence-electron chi connectivity index (χ4n) is 1.47.